The summed E-state index contributed by atoms with van der Waals surface area (Å²) in [6.07, 6.45) is 2.83. The van der Waals surface area contributed by atoms with E-state index in [9.17, 15) is 4.79 Å². The van der Waals surface area contributed by atoms with Crippen molar-refractivity contribution in [3.8, 4) is 0 Å². The normalized spacial score (nSPS) is 16.9. The Labute approximate surface area is 161 Å². The summed E-state index contributed by atoms with van der Waals surface area (Å²) in [7, 11) is 0. The van der Waals surface area contributed by atoms with Crippen molar-refractivity contribution in [1.29, 1.82) is 0 Å². The lowest BCUT2D eigenvalue weighted by molar-refractivity contribution is -0.132. The first-order chi connectivity index (χ1) is 11.9. The Balaban J connectivity index is 0.00000151. The van der Waals surface area contributed by atoms with Crippen molar-refractivity contribution in [2.45, 2.75) is 46.6 Å². The SMILES string of the molecule is C=CC1=C(C(=C)C)CCN(C(=O)Cc2c(Cl)cccc2Cl)C1C.CC. The highest BCUT2D eigenvalue weighted by Gasteiger charge is 2.29. The summed E-state index contributed by atoms with van der Waals surface area (Å²) in [5, 5.41) is 1.05. The third-order valence-electron chi connectivity index (χ3n) is 4.31. The Bertz CT molecular complexity index is 671. The predicted molar refractivity (Wildman–Crippen MR) is 109 cm³/mol. The van der Waals surface area contributed by atoms with E-state index in [1.165, 1.54) is 5.57 Å². The second kappa shape index (κ2) is 9.84. The summed E-state index contributed by atoms with van der Waals surface area (Å²) in [6.45, 7) is 16.6. The highest BCUT2D eigenvalue weighted by Crippen LogP contribution is 2.31. The lowest BCUT2D eigenvalue weighted by atomic mass is 9.89. The minimum absolute atomic E-state index is 0.0209. The molecule has 1 unspecified atom stereocenters. The summed E-state index contributed by atoms with van der Waals surface area (Å²) < 4.78 is 0. The zero-order chi connectivity index (χ0) is 19.1. The standard InChI is InChI=1S/C19H21Cl2NO.C2H6/c1-5-14-13(4)22(10-9-15(14)12(2)3)19(23)11-16-17(20)7-6-8-18(16)21;1-2/h5-8,13H,1-2,9-11H2,3-4H3;1-2H3. The maximum Gasteiger partial charge on any atom is 0.227 e. The van der Waals surface area contributed by atoms with Crippen LogP contribution in [-0.2, 0) is 11.2 Å². The quantitative estimate of drug-likeness (QED) is 0.605. The van der Waals surface area contributed by atoms with E-state index in [-0.39, 0.29) is 18.4 Å². The number of allylic oxidation sites excluding steroid dienone is 1. The van der Waals surface area contributed by atoms with E-state index < -0.39 is 0 Å². The van der Waals surface area contributed by atoms with Crippen LogP contribution in [0.5, 0.6) is 0 Å². The summed E-state index contributed by atoms with van der Waals surface area (Å²) in [4.78, 5) is 14.6. The lowest BCUT2D eigenvalue weighted by Gasteiger charge is -2.36. The molecule has 2 rings (SSSR count). The predicted octanol–water partition coefficient (Wildman–Crippen LogP) is 6.24. The van der Waals surface area contributed by atoms with Gasteiger partial charge in [0.1, 0.15) is 0 Å². The van der Waals surface area contributed by atoms with E-state index in [0.717, 1.165) is 17.6 Å². The minimum Gasteiger partial charge on any atom is -0.335 e. The van der Waals surface area contributed by atoms with E-state index in [2.05, 4.69) is 13.2 Å². The largest absolute Gasteiger partial charge is 0.335 e. The molecule has 0 fully saturated rings. The Morgan fingerprint density at radius 1 is 1.32 bits per heavy atom. The van der Waals surface area contributed by atoms with Gasteiger partial charge in [0.2, 0.25) is 5.91 Å². The topological polar surface area (TPSA) is 20.3 Å². The van der Waals surface area contributed by atoms with Crippen LogP contribution in [0.4, 0.5) is 0 Å². The highest BCUT2D eigenvalue weighted by atomic mass is 35.5. The molecule has 0 aliphatic carbocycles. The Kier molecular flexibility index (Phi) is 8.47. The fourth-order valence-electron chi connectivity index (χ4n) is 3.04. The van der Waals surface area contributed by atoms with Gasteiger partial charge in [-0.2, -0.15) is 0 Å². The van der Waals surface area contributed by atoms with Crippen LogP contribution >= 0.6 is 23.2 Å². The van der Waals surface area contributed by atoms with Crippen molar-refractivity contribution in [3.63, 3.8) is 0 Å². The van der Waals surface area contributed by atoms with Crippen LogP contribution in [0.15, 0.2) is 54.2 Å². The molecule has 0 N–H and O–H groups in total. The van der Waals surface area contributed by atoms with Gasteiger partial charge in [-0.25, -0.2) is 0 Å². The van der Waals surface area contributed by atoms with Gasteiger partial charge in [0.25, 0.3) is 0 Å². The molecule has 1 aliphatic heterocycles. The van der Waals surface area contributed by atoms with Gasteiger partial charge in [-0.3, -0.25) is 4.79 Å². The number of hydrogen-bond donors (Lipinski definition) is 0. The minimum atomic E-state index is -0.0262. The van der Waals surface area contributed by atoms with Gasteiger partial charge in [0.15, 0.2) is 0 Å². The molecular formula is C21H27Cl2NO. The molecule has 0 saturated heterocycles. The molecule has 1 aromatic rings. The maximum atomic E-state index is 12.7. The van der Waals surface area contributed by atoms with Crippen molar-refractivity contribution in [3.05, 3.63) is 69.8 Å². The van der Waals surface area contributed by atoms with E-state index in [1.54, 1.807) is 18.2 Å². The molecule has 1 amide bonds. The van der Waals surface area contributed by atoms with Gasteiger partial charge in [-0.05, 0) is 49.1 Å². The zero-order valence-electron chi connectivity index (χ0n) is 15.5. The molecule has 1 heterocycles. The number of hydrogen-bond acceptors (Lipinski definition) is 1. The molecule has 136 valence electrons. The van der Waals surface area contributed by atoms with Crippen LogP contribution in [0.2, 0.25) is 10.0 Å². The van der Waals surface area contributed by atoms with Gasteiger partial charge in [0, 0.05) is 16.6 Å². The second-order valence-corrected chi connectivity index (χ2v) is 6.62. The van der Waals surface area contributed by atoms with Crippen molar-refractivity contribution in [2.24, 2.45) is 0 Å². The number of amides is 1. The first kappa shape index (κ1) is 21.5. The summed E-state index contributed by atoms with van der Waals surface area (Å²) >= 11 is 12.4. The molecule has 1 aliphatic rings. The van der Waals surface area contributed by atoms with Gasteiger partial charge in [0.05, 0.1) is 12.5 Å². The number of halogens is 2. The van der Waals surface area contributed by atoms with Gasteiger partial charge in [-0.15, -0.1) is 0 Å². The third kappa shape index (κ3) is 4.99. The monoisotopic (exact) mass is 379 g/mol. The average molecular weight is 380 g/mol. The van der Waals surface area contributed by atoms with E-state index in [4.69, 9.17) is 23.2 Å². The molecule has 0 saturated carbocycles. The number of rotatable bonds is 4. The van der Waals surface area contributed by atoms with Crippen molar-refractivity contribution in [2.75, 3.05) is 6.54 Å². The molecule has 1 atom stereocenters. The number of nitrogens with zero attached hydrogens (tertiary/aromatic N) is 1. The van der Waals surface area contributed by atoms with Crippen LogP contribution in [0.25, 0.3) is 0 Å². The Morgan fingerprint density at radius 3 is 2.36 bits per heavy atom. The van der Waals surface area contributed by atoms with Crippen molar-refractivity contribution >= 4 is 29.1 Å². The first-order valence-corrected chi connectivity index (χ1v) is 9.36. The first-order valence-electron chi connectivity index (χ1n) is 8.60. The van der Waals surface area contributed by atoms with E-state index >= 15 is 0 Å². The molecule has 0 bridgehead atoms. The fraction of sp³-hybridized carbons (Fsp3) is 0.381. The van der Waals surface area contributed by atoms with E-state index in [0.29, 0.717) is 22.2 Å². The Hall–Kier alpha value is -1.51. The zero-order valence-corrected chi connectivity index (χ0v) is 17.0. The van der Waals surface area contributed by atoms with Gasteiger partial charge < -0.3 is 4.90 Å². The number of carbonyl (C=O) groups excluding carboxylic acids is 1. The van der Waals surface area contributed by atoms with Crippen LogP contribution in [-0.4, -0.2) is 23.4 Å². The molecule has 25 heavy (non-hydrogen) atoms. The number of benzene rings is 1. The summed E-state index contributed by atoms with van der Waals surface area (Å²) in [5.41, 5.74) is 3.99. The third-order valence-corrected chi connectivity index (χ3v) is 5.02. The van der Waals surface area contributed by atoms with Crippen LogP contribution in [0, 0.1) is 0 Å². The molecule has 0 spiro atoms. The second-order valence-electron chi connectivity index (χ2n) is 5.81. The summed E-state index contributed by atoms with van der Waals surface area (Å²) in [6, 6.07) is 5.26. The fourth-order valence-corrected chi connectivity index (χ4v) is 3.57. The molecular weight excluding hydrogens is 353 g/mol. The van der Waals surface area contributed by atoms with Gasteiger partial charge >= 0.3 is 0 Å². The molecule has 2 nitrogen and oxygen atoms in total. The molecule has 1 aromatic carbocycles. The smallest absolute Gasteiger partial charge is 0.227 e. The van der Waals surface area contributed by atoms with Crippen molar-refractivity contribution in [1.82, 2.24) is 4.90 Å². The molecule has 0 aromatic heterocycles. The lowest BCUT2D eigenvalue weighted by Crippen LogP contribution is -2.44. The Morgan fingerprint density at radius 2 is 1.88 bits per heavy atom. The molecule has 0 radical (unpaired) electrons. The highest BCUT2D eigenvalue weighted by molar-refractivity contribution is 6.36. The van der Waals surface area contributed by atoms with Crippen LogP contribution in [0.1, 0.15) is 39.7 Å². The van der Waals surface area contributed by atoms with E-state index in [1.807, 2.05) is 38.7 Å². The summed E-state index contributed by atoms with van der Waals surface area (Å²) in [5.74, 6) is 0.0209. The molecule has 4 heteroatoms. The average Bonchev–Trinajstić information content (AvgIpc) is 2.59. The van der Waals surface area contributed by atoms with Gasteiger partial charge in [-0.1, -0.05) is 67.9 Å². The number of carbonyl (C=O) groups is 1. The van der Waals surface area contributed by atoms with Crippen LogP contribution in [0.3, 0.4) is 0 Å². The van der Waals surface area contributed by atoms with Crippen LogP contribution < -0.4 is 0 Å². The van der Waals surface area contributed by atoms with Crippen molar-refractivity contribution < 1.29 is 4.79 Å². The maximum absolute atomic E-state index is 12.7.